The molecule has 118 valence electrons. The van der Waals surface area contributed by atoms with Gasteiger partial charge in [0.1, 0.15) is 0 Å². The summed E-state index contributed by atoms with van der Waals surface area (Å²) >= 11 is 0. The van der Waals surface area contributed by atoms with Crippen molar-refractivity contribution in [2.45, 2.75) is 18.0 Å². The topological polar surface area (TPSA) is 60.8 Å². The number of hydrogen-bond donors (Lipinski definition) is 0. The van der Waals surface area contributed by atoms with Crippen LogP contribution in [0.2, 0.25) is 0 Å². The van der Waals surface area contributed by atoms with E-state index in [1.165, 1.54) is 24.6 Å². The van der Waals surface area contributed by atoms with Gasteiger partial charge in [-0.15, -0.1) is 0 Å². The van der Waals surface area contributed by atoms with Gasteiger partial charge >= 0.3 is 0 Å². The largest absolute Gasteiger partial charge is 0.493 e. The summed E-state index contributed by atoms with van der Waals surface area (Å²) < 4.78 is 39.5. The molecule has 0 N–H and O–H groups in total. The van der Waals surface area contributed by atoms with Crippen LogP contribution in [-0.2, 0) is 23.1 Å². The van der Waals surface area contributed by atoms with Gasteiger partial charge < -0.3 is 14.0 Å². The Kier molecular flexibility index (Phi) is 3.84. The van der Waals surface area contributed by atoms with Crippen LogP contribution < -0.4 is 9.47 Å². The van der Waals surface area contributed by atoms with Crippen molar-refractivity contribution >= 4 is 10.0 Å². The molecule has 2 heterocycles. The summed E-state index contributed by atoms with van der Waals surface area (Å²) in [6.07, 6.45) is 1.97. The Bertz CT molecular complexity index is 783. The van der Waals surface area contributed by atoms with Crippen molar-refractivity contribution in [1.29, 1.82) is 0 Å². The van der Waals surface area contributed by atoms with Gasteiger partial charge in [-0.1, -0.05) is 0 Å². The van der Waals surface area contributed by atoms with Crippen LogP contribution >= 0.6 is 0 Å². The van der Waals surface area contributed by atoms with Gasteiger partial charge in [0, 0.05) is 31.0 Å². The lowest BCUT2D eigenvalue weighted by atomic mass is 10.3. The minimum Gasteiger partial charge on any atom is -0.493 e. The highest BCUT2D eigenvalue weighted by Crippen LogP contribution is 2.31. The summed E-state index contributed by atoms with van der Waals surface area (Å²) in [7, 11) is -0.549. The first-order valence-corrected chi connectivity index (χ1v) is 8.36. The third kappa shape index (κ3) is 2.46. The summed E-state index contributed by atoms with van der Waals surface area (Å²) in [5.74, 6) is 0.915. The molecule has 0 saturated carbocycles. The van der Waals surface area contributed by atoms with Crippen LogP contribution in [0.15, 0.2) is 41.4 Å². The van der Waals surface area contributed by atoms with E-state index in [0.717, 1.165) is 5.69 Å². The predicted octanol–water partition coefficient (Wildman–Crippen LogP) is 1.71. The molecule has 3 rings (SSSR count). The molecule has 1 aliphatic heterocycles. The maximum Gasteiger partial charge on any atom is 0.243 e. The zero-order chi connectivity index (χ0) is 15.7. The van der Waals surface area contributed by atoms with Crippen molar-refractivity contribution in [2.24, 2.45) is 0 Å². The molecule has 0 spiro atoms. The Balaban J connectivity index is 1.94. The van der Waals surface area contributed by atoms with E-state index in [2.05, 4.69) is 4.57 Å². The lowest BCUT2D eigenvalue weighted by Crippen LogP contribution is -2.37. The molecule has 22 heavy (non-hydrogen) atoms. The van der Waals surface area contributed by atoms with Crippen LogP contribution in [0.3, 0.4) is 0 Å². The molecule has 0 radical (unpaired) electrons. The van der Waals surface area contributed by atoms with E-state index in [9.17, 15) is 8.42 Å². The molecule has 7 heteroatoms. The molecule has 1 aliphatic rings. The summed E-state index contributed by atoms with van der Waals surface area (Å²) in [5, 5.41) is 0. The monoisotopic (exact) mass is 322 g/mol. The zero-order valence-corrected chi connectivity index (χ0v) is 13.3. The fourth-order valence-corrected chi connectivity index (χ4v) is 4.04. The quantitative estimate of drug-likeness (QED) is 0.860. The number of methoxy groups -OCH3 is 2. The fraction of sp³-hybridized carbons (Fsp3) is 0.333. The van der Waals surface area contributed by atoms with Gasteiger partial charge in [-0.25, -0.2) is 8.42 Å². The Morgan fingerprint density at radius 3 is 2.55 bits per heavy atom. The molecule has 0 atom stereocenters. The summed E-state index contributed by atoms with van der Waals surface area (Å²) in [4.78, 5) is 0.213. The third-order valence-electron chi connectivity index (χ3n) is 3.84. The average molecular weight is 322 g/mol. The van der Waals surface area contributed by atoms with Gasteiger partial charge in [-0.3, -0.25) is 0 Å². The lowest BCUT2D eigenvalue weighted by molar-refractivity contribution is 0.339. The molecule has 0 fully saturated rings. The number of rotatable bonds is 4. The molecule has 2 aromatic rings. The van der Waals surface area contributed by atoms with E-state index in [4.69, 9.17) is 9.47 Å². The van der Waals surface area contributed by atoms with Crippen molar-refractivity contribution < 1.29 is 17.9 Å². The first-order valence-electron chi connectivity index (χ1n) is 6.92. The molecule has 0 aliphatic carbocycles. The highest BCUT2D eigenvalue weighted by molar-refractivity contribution is 7.89. The van der Waals surface area contributed by atoms with Gasteiger partial charge in [-0.05, 0) is 24.3 Å². The van der Waals surface area contributed by atoms with Gasteiger partial charge in [0.25, 0.3) is 0 Å². The normalized spacial score (nSPS) is 15.4. The number of sulfonamides is 1. The molecule has 1 aromatic carbocycles. The van der Waals surface area contributed by atoms with Crippen molar-refractivity contribution in [3.05, 3.63) is 42.2 Å². The fourth-order valence-electron chi connectivity index (χ4n) is 2.62. The number of aromatic nitrogens is 1. The van der Waals surface area contributed by atoms with Crippen molar-refractivity contribution in [2.75, 3.05) is 20.8 Å². The maximum atomic E-state index is 12.8. The van der Waals surface area contributed by atoms with E-state index >= 15 is 0 Å². The maximum absolute atomic E-state index is 12.8. The van der Waals surface area contributed by atoms with Crippen LogP contribution in [-0.4, -0.2) is 38.1 Å². The Morgan fingerprint density at radius 1 is 1.05 bits per heavy atom. The first kappa shape index (κ1) is 14.9. The Labute approximate surface area is 129 Å². The summed E-state index contributed by atoms with van der Waals surface area (Å²) in [5.41, 5.74) is 0.996. The average Bonchev–Trinajstić information content (AvgIpc) is 3.01. The molecule has 6 nitrogen and oxygen atoms in total. The summed E-state index contributed by atoms with van der Waals surface area (Å²) in [6, 6.07) is 8.53. The van der Waals surface area contributed by atoms with Crippen molar-refractivity contribution in [3.8, 4) is 11.5 Å². The minimum atomic E-state index is -3.56. The van der Waals surface area contributed by atoms with Crippen molar-refractivity contribution in [3.63, 3.8) is 0 Å². The van der Waals surface area contributed by atoms with Gasteiger partial charge in [0.2, 0.25) is 10.0 Å². The summed E-state index contributed by atoms with van der Waals surface area (Å²) in [6.45, 7) is 1.50. The Morgan fingerprint density at radius 2 is 1.82 bits per heavy atom. The van der Waals surface area contributed by atoms with Gasteiger partial charge in [0.15, 0.2) is 11.5 Å². The van der Waals surface area contributed by atoms with Crippen LogP contribution in [0.25, 0.3) is 0 Å². The standard InChI is InChI=1S/C15H18N2O4S/c1-20-14-6-5-13(10-15(14)21-2)22(18,19)17-9-8-16-7-3-4-12(16)11-17/h3-7,10H,8-9,11H2,1-2H3. The van der Waals surface area contributed by atoms with Gasteiger partial charge in [-0.2, -0.15) is 4.31 Å². The van der Waals surface area contributed by atoms with Crippen LogP contribution in [0.5, 0.6) is 11.5 Å². The molecule has 1 aromatic heterocycles. The minimum absolute atomic E-state index is 0.213. The molecular formula is C15H18N2O4S. The smallest absolute Gasteiger partial charge is 0.243 e. The number of hydrogen-bond acceptors (Lipinski definition) is 4. The van der Waals surface area contributed by atoms with Crippen LogP contribution in [0.4, 0.5) is 0 Å². The van der Waals surface area contributed by atoms with E-state index in [0.29, 0.717) is 31.1 Å². The predicted molar refractivity (Wildman–Crippen MR) is 81.6 cm³/mol. The van der Waals surface area contributed by atoms with Crippen LogP contribution in [0, 0.1) is 0 Å². The van der Waals surface area contributed by atoms with Crippen LogP contribution in [0.1, 0.15) is 5.69 Å². The zero-order valence-electron chi connectivity index (χ0n) is 12.5. The Hall–Kier alpha value is -1.99. The van der Waals surface area contributed by atoms with E-state index in [-0.39, 0.29) is 4.90 Å². The number of ether oxygens (including phenoxy) is 2. The van der Waals surface area contributed by atoms with E-state index < -0.39 is 10.0 Å². The van der Waals surface area contributed by atoms with E-state index in [1.54, 1.807) is 12.1 Å². The highest BCUT2D eigenvalue weighted by Gasteiger charge is 2.28. The van der Waals surface area contributed by atoms with Crippen molar-refractivity contribution in [1.82, 2.24) is 8.87 Å². The number of fused-ring (bicyclic) bond motifs is 1. The highest BCUT2D eigenvalue weighted by atomic mass is 32.2. The molecule has 0 bridgehead atoms. The second-order valence-electron chi connectivity index (χ2n) is 5.05. The first-order chi connectivity index (χ1) is 10.6. The lowest BCUT2D eigenvalue weighted by Gasteiger charge is -2.28. The third-order valence-corrected chi connectivity index (χ3v) is 5.69. The SMILES string of the molecule is COc1ccc(S(=O)(=O)N2CCn3cccc3C2)cc1OC. The number of nitrogens with zero attached hydrogens (tertiary/aromatic N) is 2. The molecule has 0 unspecified atom stereocenters. The molecule has 0 amide bonds. The van der Waals surface area contributed by atoms with Gasteiger partial charge in [0.05, 0.1) is 25.7 Å². The second kappa shape index (κ2) is 5.66. The second-order valence-corrected chi connectivity index (χ2v) is 6.99. The number of benzene rings is 1. The molecular weight excluding hydrogens is 304 g/mol. The van der Waals surface area contributed by atoms with E-state index in [1.807, 2.05) is 18.3 Å². The molecule has 0 saturated heterocycles.